The molecule has 0 amide bonds. The van der Waals surface area contributed by atoms with E-state index in [4.69, 9.17) is 0 Å². The summed E-state index contributed by atoms with van der Waals surface area (Å²) in [5.41, 5.74) is 2.45. The predicted molar refractivity (Wildman–Crippen MR) is 72.6 cm³/mol. The van der Waals surface area contributed by atoms with Crippen LogP contribution >= 0.6 is 0 Å². The molecule has 2 heteroatoms. The van der Waals surface area contributed by atoms with E-state index in [2.05, 4.69) is 12.1 Å². The lowest BCUT2D eigenvalue weighted by molar-refractivity contribution is 0.594. The Bertz CT molecular complexity index is 450. The molecule has 0 saturated heterocycles. The van der Waals surface area contributed by atoms with Crippen LogP contribution < -0.4 is 0 Å². The summed E-state index contributed by atoms with van der Waals surface area (Å²) in [4.78, 5) is 0.923. The zero-order chi connectivity index (χ0) is 12.1. The van der Waals surface area contributed by atoms with Gasteiger partial charge in [-0.15, -0.1) is 0 Å². The van der Waals surface area contributed by atoms with Crippen LogP contribution in [0.3, 0.4) is 0 Å². The molecule has 1 nitrogen and oxygen atoms in total. The van der Waals surface area contributed by atoms with Gasteiger partial charge in [0, 0.05) is 6.42 Å². The summed E-state index contributed by atoms with van der Waals surface area (Å²) in [5, 5.41) is 0. The van der Waals surface area contributed by atoms with Gasteiger partial charge < -0.3 is 4.55 Å². The van der Waals surface area contributed by atoms with E-state index in [1.807, 2.05) is 49.4 Å². The van der Waals surface area contributed by atoms with E-state index in [1.54, 1.807) is 0 Å². The third-order valence-corrected chi connectivity index (χ3v) is 4.08. The maximum atomic E-state index is 12.0. The van der Waals surface area contributed by atoms with Crippen LogP contribution in [0, 0.1) is 6.92 Å². The lowest BCUT2D eigenvalue weighted by Gasteiger charge is -2.10. The van der Waals surface area contributed by atoms with Crippen LogP contribution in [-0.4, -0.2) is 10.3 Å². The highest BCUT2D eigenvalue weighted by Gasteiger charge is 2.09. The largest absolute Gasteiger partial charge is 0.611 e. The van der Waals surface area contributed by atoms with Crippen LogP contribution in [-0.2, 0) is 17.6 Å². The molecule has 0 aliphatic carbocycles. The summed E-state index contributed by atoms with van der Waals surface area (Å²) >= 11 is -0.892. The lowest BCUT2D eigenvalue weighted by atomic mass is 10.2. The van der Waals surface area contributed by atoms with Crippen molar-refractivity contribution in [2.24, 2.45) is 0 Å². The summed E-state index contributed by atoms with van der Waals surface area (Å²) < 4.78 is 12.0. The summed E-state index contributed by atoms with van der Waals surface area (Å²) in [6, 6.07) is 18.1. The maximum absolute atomic E-state index is 12.0. The molecule has 2 aromatic rings. The Morgan fingerprint density at radius 3 is 2.24 bits per heavy atom. The fourth-order valence-corrected chi connectivity index (χ4v) is 2.76. The minimum Gasteiger partial charge on any atom is -0.611 e. The molecule has 0 aromatic heterocycles. The van der Waals surface area contributed by atoms with Crippen LogP contribution in [0.25, 0.3) is 0 Å². The van der Waals surface area contributed by atoms with Crippen molar-refractivity contribution in [3.63, 3.8) is 0 Å². The molecule has 0 radical (unpaired) electrons. The molecule has 2 aromatic carbocycles. The normalized spacial score (nSPS) is 12.4. The Labute approximate surface area is 106 Å². The Morgan fingerprint density at radius 1 is 0.941 bits per heavy atom. The van der Waals surface area contributed by atoms with Gasteiger partial charge in [0.05, 0.1) is 0 Å². The molecule has 0 spiro atoms. The molecule has 0 heterocycles. The SMILES string of the molecule is Cc1ccc([S+]([O-])CCc2ccccc2)cc1. The number of benzene rings is 2. The summed E-state index contributed by atoms with van der Waals surface area (Å²) in [5.74, 6) is 0.688. The molecule has 0 aliphatic rings. The molecular weight excluding hydrogens is 228 g/mol. The van der Waals surface area contributed by atoms with Crippen LogP contribution in [0.1, 0.15) is 11.1 Å². The smallest absolute Gasteiger partial charge is 0.152 e. The second-order valence-corrected chi connectivity index (χ2v) is 5.67. The van der Waals surface area contributed by atoms with E-state index < -0.39 is 11.2 Å². The maximum Gasteiger partial charge on any atom is 0.152 e. The molecule has 0 bridgehead atoms. The van der Waals surface area contributed by atoms with Gasteiger partial charge in [0.1, 0.15) is 5.75 Å². The highest BCUT2D eigenvalue weighted by molar-refractivity contribution is 7.91. The van der Waals surface area contributed by atoms with E-state index in [0.717, 1.165) is 11.3 Å². The van der Waals surface area contributed by atoms with Gasteiger partial charge in [-0.25, -0.2) is 0 Å². The third-order valence-electron chi connectivity index (χ3n) is 2.70. The van der Waals surface area contributed by atoms with Gasteiger partial charge in [0.25, 0.3) is 0 Å². The molecule has 1 unspecified atom stereocenters. The van der Waals surface area contributed by atoms with Crippen LogP contribution in [0.4, 0.5) is 0 Å². The first-order valence-corrected chi connectivity index (χ1v) is 7.06. The quantitative estimate of drug-likeness (QED) is 0.756. The zero-order valence-electron chi connectivity index (χ0n) is 9.93. The van der Waals surface area contributed by atoms with Crippen molar-refractivity contribution in [1.82, 2.24) is 0 Å². The van der Waals surface area contributed by atoms with Crippen molar-refractivity contribution >= 4 is 11.2 Å². The van der Waals surface area contributed by atoms with E-state index >= 15 is 0 Å². The van der Waals surface area contributed by atoms with E-state index in [-0.39, 0.29) is 0 Å². The highest BCUT2D eigenvalue weighted by Crippen LogP contribution is 2.13. The number of hydrogen-bond donors (Lipinski definition) is 0. The molecule has 0 fully saturated rings. The summed E-state index contributed by atoms with van der Waals surface area (Å²) in [6.45, 7) is 2.04. The topological polar surface area (TPSA) is 23.1 Å². The minimum atomic E-state index is -0.892. The zero-order valence-corrected chi connectivity index (χ0v) is 10.7. The van der Waals surface area contributed by atoms with Gasteiger partial charge in [-0.3, -0.25) is 0 Å². The van der Waals surface area contributed by atoms with Crippen molar-refractivity contribution in [3.05, 3.63) is 65.7 Å². The molecule has 1 atom stereocenters. The van der Waals surface area contributed by atoms with Gasteiger partial charge in [0.2, 0.25) is 0 Å². The summed E-state index contributed by atoms with van der Waals surface area (Å²) in [6.07, 6.45) is 0.862. The molecule has 0 saturated carbocycles. The Kier molecular flexibility index (Phi) is 4.24. The van der Waals surface area contributed by atoms with Crippen LogP contribution in [0.5, 0.6) is 0 Å². The van der Waals surface area contributed by atoms with Crippen molar-refractivity contribution in [2.75, 3.05) is 5.75 Å². The van der Waals surface area contributed by atoms with Crippen molar-refractivity contribution in [2.45, 2.75) is 18.2 Å². The molecular formula is C15H16OS. The molecule has 17 heavy (non-hydrogen) atoms. The minimum absolute atomic E-state index is 0.688. The Morgan fingerprint density at radius 2 is 1.59 bits per heavy atom. The molecule has 88 valence electrons. The van der Waals surface area contributed by atoms with E-state index in [9.17, 15) is 4.55 Å². The van der Waals surface area contributed by atoms with Crippen molar-refractivity contribution < 1.29 is 4.55 Å². The van der Waals surface area contributed by atoms with Gasteiger partial charge in [-0.2, -0.15) is 0 Å². The second-order valence-electron chi connectivity index (χ2n) is 4.10. The van der Waals surface area contributed by atoms with E-state index in [1.165, 1.54) is 11.1 Å². The fraction of sp³-hybridized carbons (Fsp3) is 0.200. The standard InChI is InChI=1S/C15H16OS/c1-13-7-9-15(10-8-13)17(16)12-11-14-5-3-2-4-6-14/h2-10H,11-12H2,1H3. The first kappa shape index (κ1) is 12.2. The van der Waals surface area contributed by atoms with Gasteiger partial charge in [-0.1, -0.05) is 48.0 Å². The number of rotatable bonds is 4. The average molecular weight is 244 g/mol. The third kappa shape index (κ3) is 3.62. The van der Waals surface area contributed by atoms with Gasteiger partial charge >= 0.3 is 0 Å². The molecule has 2 rings (SSSR count). The van der Waals surface area contributed by atoms with Crippen LogP contribution in [0.2, 0.25) is 0 Å². The van der Waals surface area contributed by atoms with E-state index in [0.29, 0.717) is 5.75 Å². The monoisotopic (exact) mass is 244 g/mol. The molecule has 0 N–H and O–H groups in total. The first-order chi connectivity index (χ1) is 8.25. The summed E-state index contributed by atoms with van der Waals surface area (Å²) in [7, 11) is 0. The van der Waals surface area contributed by atoms with Crippen molar-refractivity contribution in [1.29, 1.82) is 0 Å². The average Bonchev–Trinajstić information content (AvgIpc) is 2.38. The first-order valence-electron chi connectivity index (χ1n) is 5.75. The Balaban J connectivity index is 1.93. The lowest BCUT2D eigenvalue weighted by Crippen LogP contribution is -2.09. The highest BCUT2D eigenvalue weighted by atomic mass is 32.2. The van der Waals surface area contributed by atoms with Crippen LogP contribution in [0.15, 0.2) is 59.5 Å². The second kappa shape index (κ2) is 5.89. The number of hydrogen-bond acceptors (Lipinski definition) is 1. The molecule has 0 aliphatic heterocycles. The fourth-order valence-electron chi connectivity index (χ4n) is 1.66. The van der Waals surface area contributed by atoms with Crippen molar-refractivity contribution in [3.8, 4) is 0 Å². The van der Waals surface area contributed by atoms with Gasteiger partial charge in [0.15, 0.2) is 4.90 Å². The predicted octanol–water partition coefficient (Wildman–Crippen LogP) is 3.35. The Hall–Kier alpha value is -1.25. The van der Waals surface area contributed by atoms with Gasteiger partial charge in [-0.05, 0) is 35.8 Å². The number of aryl methyl sites for hydroxylation is 2.